The third-order valence-corrected chi connectivity index (χ3v) is 4.68. The molecule has 2 atom stereocenters. The number of piperazine rings is 1. The van der Waals surface area contributed by atoms with Crippen LogP contribution in [-0.2, 0) is 4.79 Å². The molecule has 0 aromatic heterocycles. The number of hydrogen-bond donors (Lipinski definition) is 2. The van der Waals surface area contributed by atoms with Crippen molar-refractivity contribution in [1.29, 1.82) is 0 Å². The molecule has 3 amide bonds. The number of anilines is 2. The summed E-state index contributed by atoms with van der Waals surface area (Å²) in [5.74, 6) is -0.0656. The van der Waals surface area contributed by atoms with Gasteiger partial charge in [0.15, 0.2) is 0 Å². The van der Waals surface area contributed by atoms with Gasteiger partial charge in [-0.25, -0.2) is 4.79 Å². The van der Waals surface area contributed by atoms with Gasteiger partial charge in [-0.3, -0.25) is 4.79 Å². The number of carbonyl (C=O) groups is 2. The van der Waals surface area contributed by atoms with Crippen molar-refractivity contribution in [3.05, 3.63) is 24.3 Å². The largest absolute Gasteiger partial charge is 0.376 e. The van der Waals surface area contributed by atoms with Crippen molar-refractivity contribution in [2.24, 2.45) is 0 Å². The van der Waals surface area contributed by atoms with Gasteiger partial charge in [-0.1, -0.05) is 25.0 Å². The summed E-state index contributed by atoms with van der Waals surface area (Å²) < 4.78 is 0. The predicted octanol–water partition coefficient (Wildman–Crippen LogP) is 2.03. The van der Waals surface area contributed by atoms with E-state index in [2.05, 4.69) is 10.6 Å². The maximum atomic E-state index is 12.8. The molecular weight excluding hydrogens is 292 g/mol. The summed E-state index contributed by atoms with van der Waals surface area (Å²) in [6, 6.07) is 7.70. The van der Waals surface area contributed by atoms with Crippen LogP contribution < -0.4 is 15.5 Å². The van der Waals surface area contributed by atoms with Crippen molar-refractivity contribution >= 4 is 23.3 Å². The maximum Gasteiger partial charge on any atom is 0.322 e. The molecule has 1 saturated carbocycles. The van der Waals surface area contributed by atoms with Gasteiger partial charge in [0.1, 0.15) is 6.54 Å². The number of benzene rings is 1. The minimum absolute atomic E-state index is 0.0656. The Bertz CT molecular complexity index is 602. The topological polar surface area (TPSA) is 64.7 Å². The van der Waals surface area contributed by atoms with Gasteiger partial charge in [0.2, 0.25) is 5.91 Å². The second-order valence-corrected chi connectivity index (χ2v) is 6.50. The first-order valence-corrected chi connectivity index (χ1v) is 8.19. The lowest BCUT2D eigenvalue weighted by molar-refractivity contribution is -0.126. The zero-order valence-corrected chi connectivity index (χ0v) is 13.7. The molecule has 6 heteroatoms. The molecule has 1 aliphatic heterocycles. The molecule has 0 radical (unpaired) electrons. The van der Waals surface area contributed by atoms with Crippen LogP contribution in [0.5, 0.6) is 0 Å². The van der Waals surface area contributed by atoms with Crippen LogP contribution in [0.2, 0.25) is 0 Å². The smallest absolute Gasteiger partial charge is 0.322 e. The molecule has 2 fully saturated rings. The number of para-hydroxylation sites is 2. The van der Waals surface area contributed by atoms with Gasteiger partial charge in [-0.05, 0) is 25.0 Å². The van der Waals surface area contributed by atoms with Crippen molar-refractivity contribution in [3.63, 3.8) is 0 Å². The van der Waals surface area contributed by atoms with E-state index in [9.17, 15) is 9.59 Å². The summed E-state index contributed by atoms with van der Waals surface area (Å²) in [5.41, 5.74) is 1.71. The Balaban J connectivity index is 1.78. The number of urea groups is 1. The quantitative estimate of drug-likeness (QED) is 0.877. The monoisotopic (exact) mass is 316 g/mol. The highest BCUT2D eigenvalue weighted by atomic mass is 16.2. The molecule has 23 heavy (non-hydrogen) atoms. The summed E-state index contributed by atoms with van der Waals surface area (Å²) >= 11 is 0. The van der Waals surface area contributed by atoms with Crippen molar-refractivity contribution in [2.45, 2.75) is 37.8 Å². The molecule has 0 spiro atoms. The summed E-state index contributed by atoms with van der Waals surface area (Å²) in [5, 5.41) is 6.01. The Morgan fingerprint density at radius 3 is 2.78 bits per heavy atom. The van der Waals surface area contributed by atoms with Gasteiger partial charge in [-0.2, -0.15) is 0 Å². The Labute approximate surface area is 136 Å². The summed E-state index contributed by atoms with van der Waals surface area (Å²) in [7, 11) is 3.88. The second kappa shape index (κ2) is 6.48. The highest BCUT2D eigenvalue weighted by Gasteiger charge is 2.38. The average molecular weight is 316 g/mol. The zero-order chi connectivity index (χ0) is 16.4. The molecular formula is C17H24N4O2. The molecule has 1 saturated heterocycles. The molecule has 3 rings (SSSR count). The van der Waals surface area contributed by atoms with Crippen LogP contribution >= 0.6 is 0 Å². The molecule has 0 bridgehead atoms. The molecule has 2 N–H and O–H groups in total. The molecule has 124 valence electrons. The normalized spacial score (nSPS) is 23.7. The van der Waals surface area contributed by atoms with Crippen LogP contribution in [0.1, 0.15) is 25.7 Å². The van der Waals surface area contributed by atoms with Crippen LogP contribution in [0, 0.1) is 0 Å². The zero-order valence-electron chi connectivity index (χ0n) is 13.7. The Kier molecular flexibility index (Phi) is 4.41. The third-order valence-electron chi connectivity index (χ3n) is 4.68. The highest BCUT2D eigenvalue weighted by molar-refractivity contribution is 5.96. The Morgan fingerprint density at radius 2 is 2.00 bits per heavy atom. The van der Waals surface area contributed by atoms with Crippen molar-refractivity contribution in [2.75, 3.05) is 30.9 Å². The summed E-state index contributed by atoms with van der Waals surface area (Å²) in [6.07, 6.45) is 4.12. The van der Waals surface area contributed by atoms with Gasteiger partial charge >= 0.3 is 6.03 Å². The minimum atomic E-state index is -0.189. The van der Waals surface area contributed by atoms with Gasteiger partial charge in [0, 0.05) is 20.1 Å². The maximum absolute atomic E-state index is 12.8. The lowest BCUT2D eigenvalue weighted by Crippen LogP contribution is -2.63. The fraction of sp³-hybridized carbons (Fsp3) is 0.529. The van der Waals surface area contributed by atoms with E-state index in [0.717, 1.165) is 37.1 Å². The number of hydrogen-bond acceptors (Lipinski definition) is 3. The molecule has 1 aliphatic carbocycles. The Hall–Kier alpha value is -2.24. The molecule has 0 unspecified atom stereocenters. The van der Waals surface area contributed by atoms with Gasteiger partial charge < -0.3 is 20.4 Å². The summed E-state index contributed by atoms with van der Waals surface area (Å²) in [6.45, 7) is 0.136. The SMILES string of the molecule is CN(C)c1ccccc1NC(=O)N1CC(=O)N[C@H]2CCCC[C@H]21. The van der Waals surface area contributed by atoms with E-state index in [1.165, 1.54) is 0 Å². The number of rotatable bonds is 2. The van der Waals surface area contributed by atoms with E-state index in [0.29, 0.717) is 0 Å². The third kappa shape index (κ3) is 3.25. The number of fused-ring (bicyclic) bond motifs is 1. The van der Waals surface area contributed by atoms with Gasteiger partial charge in [0.05, 0.1) is 17.4 Å². The van der Waals surface area contributed by atoms with Gasteiger partial charge in [-0.15, -0.1) is 0 Å². The lowest BCUT2D eigenvalue weighted by Gasteiger charge is -2.43. The van der Waals surface area contributed by atoms with Crippen LogP contribution in [0.15, 0.2) is 24.3 Å². The van der Waals surface area contributed by atoms with Crippen molar-refractivity contribution < 1.29 is 9.59 Å². The van der Waals surface area contributed by atoms with Crippen LogP contribution in [0.4, 0.5) is 16.2 Å². The Morgan fingerprint density at radius 1 is 1.26 bits per heavy atom. The first kappa shape index (κ1) is 15.6. The van der Waals surface area contributed by atoms with Crippen molar-refractivity contribution in [3.8, 4) is 0 Å². The van der Waals surface area contributed by atoms with E-state index in [4.69, 9.17) is 0 Å². The first-order valence-electron chi connectivity index (χ1n) is 8.19. The molecule has 1 aromatic rings. The summed E-state index contributed by atoms with van der Waals surface area (Å²) in [4.78, 5) is 28.3. The first-order chi connectivity index (χ1) is 11.1. The van der Waals surface area contributed by atoms with E-state index in [1.54, 1.807) is 4.90 Å². The number of amides is 3. The molecule has 2 aliphatic rings. The van der Waals surface area contributed by atoms with Gasteiger partial charge in [0.25, 0.3) is 0 Å². The van der Waals surface area contributed by atoms with Crippen molar-refractivity contribution in [1.82, 2.24) is 10.2 Å². The minimum Gasteiger partial charge on any atom is -0.376 e. The van der Waals surface area contributed by atoms with Crippen LogP contribution in [-0.4, -0.2) is 49.6 Å². The van der Waals surface area contributed by atoms with E-state index < -0.39 is 0 Å². The molecule has 1 heterocycles. The number of carbonyl (C=O) groups excluding carboxylic acids is 2. The second-order valence-electron chi connectivity index (χ2n) is 6.50. The number of nitrogens with zero attached hydrogens (tertiary/aromatic N) is 2. The van der Waals surface area contributed by atoms with Crippen LogP contribution in [0.25, 0.3) is 0 Å². The predicted molar refractivity (Wildman–Crippen MR) is 90.7 cm³/mol. The molecule has 1 aromatic carbocycles. The van der Waals surface area contributed by atoms with E-state index in [-0.39, 0.29) is 30.6 Å². The molecule has 6 nitrogen and oxygen atoms in total. The number of nitrogens with one attached hydrogen (secondary N) is 2. The fourth-order valence-electron chi connectivity index (χ4n) is 3.56. The fourth-order valence-corrected chi connectivity index (χ4v) is 3.56. The van der Waals surface area contributed by atoms with Crippen LogP contribution in [0.3, 0.4) is 0 Å². The lowest BCUT2D eigenvalue weighted by atomic mass is 9.87. The standard InChI is InChI=1S/C17H24N4O2/c1-20(2)14-9-5-3-7-12(14)19-17(23)21-11-16(22)18-13-8-4-6-10-15(13)21/h3,5,7,9,13,15H,4,6,8,10-11H2,1-2H3,(H,18,22)(H,19,23)/t13-,15+/m0/s1. The highest BCUT2D eigenvalue weighted by Crippen LogP contribution is 2.28. The average Bonchev–Trinajstić information content (AvgIpc) is 2.54. The van der Waals surface area contributed by atoms with E-state index >= 15 is 0 Å². The van der Waals surface area contributed by atoms with E-state index in [1.807, 2.05) is 43.3 Å².